The van der Waals surface area contributed by atoms with Gasteiger partial charge < -0.3 is 79.0 Å². The molecule has 0 spiro atoms. The van der Waals surface area contributed by atoms with Crippen molar-refractivity contribution in [3.63, 3.8) is 0 Å². The van der Waals surface area contributed by atoms with Gasteiger partial charge in [0.1, 0.15) is 48.0 Å². The summed E-state index contributed by atoms with van der Waals surface area (Å²) < 4.78 is 0. The summed E-state index contributed by atoms with van der Waals surface area (Å²) in [4.78, 5) is 151. The molecule has 0 saturated heterocycles. The van der Waals surface area contributed by atoms with E-state index in [1.165, 1.54) is 31.6 Å². The molecule has 9 atom stereocenters. The number of aromatic amines is 1. The minimum Gasteiger partial charge on any atom is -0.508 e. The van der Waals surface area contributed by atoms with Gasteiger partial charge in [-0.15, -0.1) is 0 Å². The normalized spacial score (nSPS) is 14.5. The van der Waals surface area contributed by atoms with Crippen LogP contribution in [0.15, 0.2) is 67.1 Å². The number of nitrogens with zero attached hydrogens (tertiary/aromatic N) is 1. The summed E-state index contributed by atoms with van der Waals surface area (Å²) in [5, 5.41) is 60.0. The first-order valence-electron chi connectivity index (χ1n) is 24.7. The zero-order valence-electron chi connectivity index (χ0n) is 43.3. The van der Waals surface area contributed by atoms with Gasteiger partial charge in [0.05, 0.1) is 44.2 Å². The Kier molecular flexibility index (Phi) is 25.6. The van der Waals surface area contributed by atoms with E-state index >= 15 is 0 Å². The van der Waals surface area contributed by atoms with E-state index in [0.717, 1.165) is 0 Å². The van der Waals surface area contributed by atoms with Crippen LogP contribution in [0.3, 0.4) is 0 Å². The first kappa shape index (κ1) is 62.8. The van der Waals surface area contributed by atoms with Crippen LogP contribution in [0.2, 0.25) is 0 Å². The van der Waals surface area contributed by atoms with Crippen LogP contribution in [0.1, 0.15) is 70.7 Å². The fourth-order valence-electron chi connectivity index (χ4n) is 7.36. The van der Waals surface area contributed by atoms with Crippen molar-refractivity contribution in [3.8, 4) is 5.75 Å². The van der Waals surface area contributed by atoms with E-state index in [0.29, 0.717) is 23.2 Å². The van der Waals surface area contributed by atoms with Gasteiger partial charge in [-0.05, 0) is 54.9 Å². The van der Waals surface area contributed by atoms with E-state index in [1.54, 1.807) is 70.2 Å². The van der Waals surface area contributed by atoms with Crippen LogP contribution >= 0.6 is 0 Å². The average molecular weight is 1080 g/mol. The van der Waals surface area contributed by atoms with Gasteiger partial charge in [0, 0.05) is 19.0 Å². The number of carboxylic acids is 2. The Labute approximate surface area is 443 Å². The molecule has 2 aromatic carbocycles. The Bertz CT molecular complexity index is 2500. The van der Waals surface area contributed by atoms with Gasteiger partial charge in [-0.25, -0.2) is 4.98 Å². The van der Waals surface area contributed by atoms with Crippen molar-refractivity contribution < 1.29 is 73.2 Å². The number of aliphatic hydroxyl groups excluding tert-OH is 1. The second-order valence-corrected chi connectivity index (χ2v) is 18.6. The van der Waals surface area contributed by atoms with E-state index in [2.05, 4.69) is 57.8 Å². The maximum atomic E-state index is 14.1. The van der Waals surface area contributed by atoms with Gasteiger partial charge in [-0.1, -0.05) is 76.6 Å². The number of rotatable bonds is 32. The lowest BCUT2D eigenvalue weighted by Gasteiger charge is -2.27. The summed E-state index contributed by atoms with van der Waals surface area (Å²) in [5.74, 6) is -12.0. The predicted octanol–water partition coefficient (Wildman–Crippen LogP) is -3.24. The van der Waals surface area contributed by atoms with Crippen LogP contribution in [0.5, 0.6) is 5.75 Å². The Balaban J connectivity index is 1.71. The predicted molar refractivity (Wildman–Crippen MR) is 273 cm³/mol. The fraction of sp³-hybridized carbons (Fsp3) is 0.480. The minimum absolute atomic E-state index is 0.00197. The number of nitrogens with two attached hydrogens (primary N) is 1. The topological polar surface area (TPSA) is 432 Å². The van der Waals surface area contributed by atoms with Gasteiger partial charge in [0.2, 0.25) is 53.2 Å². The monoisotopic (exact) mass is 1080 g/mol. The summed E-state index contributed by atoms with van der Waals surface area (Å²) >= 11 is 0. The highest BCUT2D eigenvalue weighted by Crippen LogP contribution is 2.14. The lowest BCUT2D eigenvalue weighted by Crippen LogP contribution is -2.60. The summed E-state index contributed by atoms with van der Waals surface area (Å²) in [6.45, 7) is 5.54. The summed E-state index contributed by atoms with van der Waals surface area (Å²) in [6.07, 6.45) is 1.89. The van der Waals surface area contributed by atoms with E-state index in [9.17, 15) is 68.1 Å². The SMILES string of the molecule is CC[C@H](C)[C@H](NC(=O)CNC(=O)[C@H](CO)NC(=O)[C@H](CC(=O)O)NC(=O)[C@H](CC(C)C)NC(=O)[C@@H](N)Cc1ccc(O)cc1)C(=O)N[C@@H](Cc1c[nH]cn1)C(=O)N[C@@H](Cc1ccccc1)C(=O)NCC(=O)N[C@@H](C)C(=O)O. The molecule has 0 fully saturated rings. The van der Waals surface area contributed by atoms with Gasteiger partial charge in [0.15, 0.2) is 0 Å². The van der Waals surface area contributed by atoms with E-state index < -0.39 is 145 Å². The molecule has 9 amide bonds. The molecule has 0 unspecified atom stereocenters. The highest BCUT2D eigenvalue weighted by Gasteiger charge is 2.35. The average Bonchev–Trinajstić information content (AvgIpc) is 3.90. The van der Waals surface area contributed by atoms with Crippen LogP contribution in [-0.4, -0.2) is 164 Å². The lowest BCUT2D eigenvalue weighted by atomic mass is 9.97. The first-order chi connectivity index (χ1) is 36.4. The van der Waals surface area contributed by atoms with Crippen molar-refractivity contribution in [3.05, 3.63) is 83.9 Å². The molecule has 16 N–H and O–H groups in total. The molecule has 420 valence electrons. The maximum Gasteiger partial charge on any atom is 0.325 e. The molecule has 0 aliphatic rings. The van der Waals surface area contributed by atoms with Gasteiger partial charge in [-0.3, -0.25) is 52.7 Å². The molecule has 27 heteroatoms. The number of imidazole rings is 1. The number of carbonyl (C=O) groups is 11. The number of benzene rings is 2. The van der Waals surface area contributed by atoms with Crippen molar-refractivity contribution in [1.29, 1.82) is 0 Å². The largest absolute Gasteiger partial charge is 0.508 e. The molecule has 1 aromatic heterocycles. The number of amides is 9. The molecule has 3 aromatic rings. The van der Waals surface area contributed by atoms with Crippen LogP contribution in [-0.2, 0) is 72.0 Å². The van der Waals surface area contributed by atoms with Crippen molar-refractivity contribution >= 4 is 65.1 Å². The standard InChI is InChI=1S/C50H70N12O15/c1-6-27(4)42(49(75)60-36(19-31-21-52-25-55-31)47(73)58-35(18-29-10-8-7-9-11-29)44(70)53-22-39(65)56-28(5)50(76)77)62-40(66)23-54-45(71)38(24-63)61-48(74)37(20-41(67)68)59-46(72)34(16-26(2)3)57-43(69)33(51)17-30-12-14-32(64)15-13-30/h7-15,21,25-28,33-38,42,63-64H,6,16-20,22-24,51H2,1-5H3,(H,52,55)(H,53,70)(H,54,71)(H,56,65)(H,57,69)(H,58,73)(H,59,72)(H,60,75)(H,61,74)(H,62,66)(H,67,68)(H,76,77)/t27-,28-,33-,34-,35-,36-,37-,38-,42-/m0/s1. The number of aliphatic carboxylic acids is 2. The Morgan fingerprint density at radius 1 is 0.597 bits per heavy atom. The number of carboxylic acid groups (broad SMARTS) is 2. The highest BCUT2D eigenvalue weighted by atomic mass is 16.4. The zero-order valence-corrected chi connectivity index (χ0v) is 43.3. The number of nitrogens with one attached hydrogen (secondary N) is 10. The Morgan fingerprint density at radius 3 is 1.68 bits per heavy atom. The molecule has 0 aliphatic heterocycles. The number of carbonyl (C=O) groups excluding carboxylic acids is 9. The number of aromatic nitrogens is 2. The third-order valence-electron chi connectivity index (χ3n) is 11.8. The number of hydrogen-bond donors (Lipinski definition) is 15. The molecule has 1 heterocycles. The minimum atomic E-state index is -1.84. The smallest absolute Gasteiger partial charge is 0.325 e. The number of aliphatic hydroxyl groups is 1. The third-order valence-corrected chi connectivity index (χ3v) is 11.8. The van der Waals surface area contributed by atoms with Crippen LogP contribution in [0, 0.1) is 11.8 Å². The maximum absolute atomic E-state index is 14.1. The summed E-state index contributed by atoms with van der Waals surface area (Å²) in [6, 6.07) is 3.03. The third kappa shape index (κ3) is 22.1. The van der Waals surface area contributed by atoms with Crippen molar-refractivity contribution in [2.24, 2.45) is 17.6 Å². The second kappa shape index (κ2) is 31.4. The fourth-order valence-corrected chi connectivity index (χ4v) is 7.36. The van der Waals surface area contributed by atoms with E-state index in [4.69, 9.17) is 10.8 Å². The molecule has 0 bridgehead atoms. The molecular formula is C50H70N12O15. The molecular weight excluding hydrogens is 1010 g/mol. The number of aromatic hydroxyl groups is 1. The van der Waals surface area contributed by atoms with Crippen molar-refractivity contribution in [2.45, 2.75) is 121 Å². The summed E-state index contributed by atoms with van der Waals surface area (Å²) in [7, 11) is 0. The Hall–Kier alpha value is -8.46. The van der Waals surface area contributed by atoms with E-state index in [1.807, 2.05) is 0 Å². The number of phenolic OH excluding ortho intramolecular Hbond substituents is 1. The quantitative estimate of drug-likeness (QED) is 0.0292. The highest BCUT2D eigenvalue weighted by molar-refractivity contribution is 5.98. The summed E-state index contributed by atoms with van der Waals surface area (Å²) in [5.41, 5.74) is 7.63. The molecule has 77 heavy (non-hydrogen) atoms. The van der Waals surface area contributed by atoms with Crippen LogP contribution in [0.25, 0.3) is 0 Å². The molecule has 0 radical (unpaired) electrons. The van der Waals surface area contributed by atoms with Crippen molar-refractivity contribution in [1.82, 2.24) is 57.8 Å². The first-order valence-corrected chi connectivity index (χ1v) is 24.7. The Morgan fingerprint density at radius 2 is 1.12 bits per heavy atom. The van der Waals surface area contributed by atoms with Gasteiger partial charge >= 0.3 is 11.9 Å². The number of H-pyrrole nitrogens is 1. The van der Waals surface area contributed by atoms with Crippen LogP contribution < -0.4 is 53.6 Å². The molecule has 3 rings (SSSR count). The van der Waals surface area contributed by atoms with Gasteiger partial charge in [-0.2, -0.15) is 0 Å². The lowest BCUT2D eigenvalue weighted by molar-refractivity contribution is -0.142. The molecule has 0 aliphatic carbocycles. The van der Waals surface area contributed by atoms with E-state index in [-0.39, 0.29) is 37.4 Å². The zero-order chi connectivity index (χ0) is 57.4. The second-order valence-electron chi connectivity index (χ2n) is 18.6. The van der Waals surface area contributed by atoms with Crippen LogP contribution in [0.4, 0.5) is 0 Å². The number of phenols is 1. The van der Waals surface area contributed by atoms with Crippen molar-refractivity contribution in [2.75, 3.05) is 19.7 Å². The van der Waals surface area contributed by atoms with Gasteiger partial charge in [0.25, 0.3) is 0 Å². The molecule has 0 saturated carbocycles. The number of hydrogen-bond acceptors (Lipinski definition) is 15. The molecule has 27 nitrogen and oxygen atoms in total.